The average molecular weight is 470 g/mol. The third-order valence-corrected chi connectivity index (χ3v) is 5.25. The largest absolute Gasteiger partial charge is 0.480 e. The highest BCUT2D eigenvalue weighted by Crippen LogP contribution is 2.32. The van der Waals surface area contributed by atoms with Gasteiger partial charge in [-0.1, -0.05) is 24.4 Å². The van der Waals surface area contributed by atoms with Crippen molar-refractivity contribution in [2.75, 3.05) is 31.6 Å². The third kappa shape index (κ3) is 5.98. The summed E-state index contributed by atoms with van der Waals surface area (Å²) in [7, 11) is 0. The summed E-state index contributed by atoms with van der Waals surface area (Å²) < 4.78 is 10.3. The number of carbonyl (C=O) groups excluding carboxylic acids is 3. The van der Waals surface area contributed by atoms with E-state index in [4.69, 9.17) is 21.7 Å². The van der Waals surface area contributed by atoms with Gasteiger partial charge in [0.2, 0.25) is 5.91 Å². The van der Waals surface area contributed by atoms with E-state index in [1.807, 2.05) is 17.2 Å². The molecule has 1 aliphatic carbocycles. The van der Waals surface area contributed by atoms with Crippen molar-refractivity contribution in [3.8, 4) is 5.75 Å². The van der Waals surface area contributed by atoms with E-state index >= 15 is 0 Å². The highest BCUT2D eigenvalue weighted by Gasteiger charge is 2.26. The molecule has 10 heteroatoms. The number of benzene rings is 1. The van der Waals surface area contributed by atoms with E-state index in [1.54, 1.807) is 19.1 Å². The second-order valence-corrected chi connectivity index (χ2v) is 7.75. The van der Waals surface area contributed by atoms with Crippen molar-refractivity contribution in [1.82, 2.24) is 4.90 Å². The molecular formula is C23H23N3O6S. The number of nitroso groups, excluding NO2 is 1. The third-order valence-electron chi connectivity index (χ3n) is 4.96. The van der Waals surface area contributed by atoms with Gasteiger partial charge in [-0.05, 0) is 47.9 Å². The van der Waals surface area contributed by atoms with Crippen LogP contribution in [-0.4, -0.2) is 53.9 Å². The molecule has 0 spiro atoms. The molecule has 172 valence electrons. The zero-order valence-corrected chi connectivity index (χ0v) is 19.1. The maximum Gasteiger partial charge on any atom is 0.344 e. The van der Waals surface area contributed by atoms with E-state index in [0.717, 1.165) is 11.1 Å². The SMILES string of the molecule is CCOC(=O)COc1ccc(C(=O)CN2C=C3CC=CC(C(=S)N=O)=C3C2)cc1NC(C)=O. The Morgan fingerprint density at radius 2 is 2.06 bits per heavy atom. The van der Waals surface area contributed by atoms with Gasteiger partial charge in [0, 0.05) is 30.8 Å². The first-order valence-electron chi connectivity index (χ1n) is 10.3. The minimum absolute atomic E-state index is 0.00150. The Bertz CT molecular complexity index is 1110. The molecule has 2 aliphatic rings. The molecule has 0 bridgehead atoms. The van der Waals surface area contributed by atoms with E-state index < -0.39 is 5.97 Å². The maximum atomic E-state index is 13.0. The molecule has 1 amide bonds. The Morgan fingerprint density at radius 1 is 1.27 bits per heavy atom. The van der Waals surface area contributed by atoms with Crippen molar-refractivity contribution in [3.05, 3.63) is 63.7 Å². The van der Waals surface area contributed by atoms with Crippen LogP contribution in [0.25, 0.3) is 0 Å². The number of rotatable bonds is 9. The molecule has 0 fully saturated rings. The van der Waals surface area contributed by atoms with Crippen LogP contribution in [0, 0.1) is 4.91 Å². The number of nitrogens with zero attached hydrogens (tertiary/aromatic N) is 2. The van der Waals surface area contributed by atoms with E-state index in [9.17, 15) is 19.3 Å². The highest BCUT2D eigenvalue weighted by molar-refractivity contribution is 7.80. The number of hydrogen-bond acceptors (Lipinski definition) is 8. The molecule has 0 aromatic heterocycles. The molecule has 0 saturated heterocycles. The maximum absolute atomic E-state index is 13.0. The van der Waals surface area contributed by atoms with Gasteiger partial charge < -0.3 is 19.7 Å². The average Bonchev–Trinajstić information content (AvgIpc) is 3.19. The first-order valence-corrected chi connectivity index (χ1v) is 10.7. The van der Waals surface area contributed by atoms with Gasteiger partial charge >= 0.3 is 5.97 Å². The Labute approximate surface area is 196 Å². The number of hydrogen-bond donors (Lipinski definition) is 1. The minimum atomic E-state index is -0.539. The minimum Gasteiger partial charge on any atom is -0.480 e. The zero-order chi connectivity index (χ0) is 24.0. The van der Waals surface area contributed by atoms with Crippen molar-refractivity contribution >= 4 is 40.6 Å². The van der Waals surface area contributed by atoms with Crippen molar-refractivity contribution < 1.29 is 23.9 Å². The summed E-state index contributed by atoms with van der Waals surface area (Å²) in [5.74, 6) is -0.817. The van der Waals surface area contributed by atoms with Crippen molar-refractivity contribution in [2.24, 2.45) is 5.18 Å². The highest BCUT2D eigenvalue weighted by atomic mass is 32.1. The van der Waals surface area contributed by atoms with Crippen LogP contribution in [0.3, 0.4) is 0 Å². The number of nitrogens with one attached hydrogen (secondary N) is 1. The monoisotopic (exact) mass is 469 g/mol. The molecular weight excluding hydrogens is 446 g/mol. The quantitative estimate of drug-likeness (QED) is 0.254. The lowest BCUT2D eigenvalue weighted by Gasteiger charge is -2.17. The van der Waals surface area contributed by atoms with Gasteiger partial charge in [-0.2, -0.15) is 0 Å². The van der Waals surface area contributed by atoms with Crippen LogP contribution in [0.5, 0.6) is 5.75 Å². The number of ether oxygens (including phenoxy) is 2. The summed E-state index contributed by atoms with van der Waals surface area (Å²) in [6, 6.07) is 4.61. The number of esters is 1. The van der Waals surface area contributed by atoms with Gasteiger partial charge in [0.1, 0.15) is 5.75 Å². The Balaban J connectivity index is 1.74. The van der Waals surface area contributed by atoms with E-state index in [-0.39, 0.29) is 47.9 Å². The number of Topliss-reactive ketones (excluding diaryl/α,β-unsaturated/α-hetero) is 1. The lowest BCUT2D eigenvalue weighted by molar-refractivity contribution is -0.145. The van der Waals surface area contributed by atoms with Crippen molar-refractivity contribution in [2.45, 2.75) is 20.3 Å². The molecule has 0 saturated carbocycles. The van der Waals surface area contributed by atoms with Gasteiger partial charge in [0.15, 0.2) is 17.4 Å². The molecule has 1 heterocycles. The summed E-state index contributed by atoms with van der Waals surface area (Å²) in [4.78, 5) is 48.9. The van der Waals surface area contributed by atoms with Gasteiger partial charge in [-0.25, -0.2) is 4.79 Å². The fourth-order valence-electron chi connectivity index (χ4n) is 3.57. The van der Waals surface area contributed by atoms with Crippen LogP contribution in [0.2, 0.25) is 0 Å². The van der Waals surface area contributed by atoms with Crippen molar-refractivity contribution in [1.29, 1.82) is 0 Å². The number of amides is 1. The summed E-state index contributed by atoms with van der Waals surface area (Å²) in [6.07, 6.45) is 6.26. The topological polar surface area (TPSA) is 114 Å². The molecule has 0 atom stereocenters. The summed E-state index contributed by atoms with van der Waals surface area (Å²) in [5, 5.41) is 5.49. The number of thiocarbonyl (C=S) groups is 1. The fraction of sp³-hybridized carbons (Fsp3) is 0.304. The molecule has 1 aromatic carbocycles. The van der Waals surface area contributed by atoms with Gasteiger partial charge in [0.25, 0.3) is 0 Å². The molecule has 0 unspecified atom stereocenters. The van der Waals surface area contributed by atoms with Gasteiger partial charge in [-0.3, -0.25) is 9.59 Å². The second kappa shape index (κ2) is 10.8. The zero-order valence-electron chi connectivity index (χ0n) is 18.3. The van der Waals surface area contributed by atoms with Crippen molar-refractivity contribution in [3.63, 3.8) is 0 Å². The van der Waals surface area contributed by atoms with E-state index in [2.05, 4.69) is 10.5 Å². The summed E-state index contributed by atoms with van der Waals surface area (Å²) >= 11 is 5.04. The number of fused-ring (bicyclic) bond motifs is 1. The summed E-state index contributed by atoms with van der Waals surface area (Å²) in [6.45, 7) is 3.46. The molecule has 3 rings (SSSR count). The molecule has 0 radical (unpaired) electrons. The number of carbonyl (C=O) groups is 3. The van der Waals surface area contributed by atoms with Crippen LogP contribution >= 0.6 is 12.2 Å². The predicted molar refractivity (Wildman–Crippen MR) is 126 cm³/mol. The Hall–Kier alpha value is -3.66. The lowest BCUT2D eigenvalue weighted by atomic mass is 9.95. The molecule has 33 heavy (non-hydrogen) atoms. The van der Waals surface area contributed by atoms with Crippen LogP contribution in [0.1, 0.15) is 30.6 Å². The van der Waals surface area contributed by atoms with Gasteiger partial charge in [-0.15, -0.1) is 4.91 Å². The number of allylic oxidation sites excluding steroid dienone is 1. The smallest absolute Gasteiger partial charge is 0.344 e. The Kier molecular flexibility index (Phi) is 7.83. The fourth-order valence-corrected chi connectivity index (χ4v) is 3.76. The second-order valence-electron chi connectivity index (χ2n) is 7.36. The van der Waals surface area contributed by atoms with E-state index in [1.165, 1.54) is 19.1 Å². The Morgan fingerprint density at radius 3 is 2.76 bits per heavy atom. The first-order chi connectivity index (χ1) is 15.8. The molecule has 1 N–H and O–H groups in total. The van der Waals surface area contributed by atoms with E-state index in [0.29, 0.717) is 24.1 Å². The predicted octanol–water partition coefficient (Wildman–Crippen LogP) is 3.32. The molecule has 1 aromatic rings. The first kappa shape index (κ1) is 24.0. The lowest BCUT2D eigenvalue weighted by Crippen LogP contribution is -2.24. The van der Waals surface area contributed by atoms with Crippen LogP contribution in [-0.2, 0) is 14.3 Å². The van der Waals surface area contributed by atoms with Crippen LogP contribution in [0.15, 0.2) is 58.4 Å². The van der Waals surface area contributed by atoms with Gasteiger partial charge in [0.05, 0.1) is 18.8 Å². The number of anilines is 1. The molecule has 9 nitrogen and oxygen atoms in total. The summed E-state index contributed by atoms with van der Waals surface area (Å²) in [5.41, 5.74) is 3.16. The van der Waals surface area contributed by atoms with Crippen LogP contribution < -0.4 is 10.1 Å². The standard InChI is InChI=1S/C23H23N3O6S/c1-3-31-22(29)13-32-21-8-7-15(9-19(21)24-14(2)27)20(28)12-26-10-16-5-4-6-17(18(16)11-26)23(33)25-30/h4,6-10H,3,5,11-13H2,1-2H3,(H,24,27). The normalized spacial score (nSPS) is 14.4. The molecule has 1 aliphatic heterocycles. The number of ketones is 1. The van der Waals surface area contributed by atoms with Crippen LogP contribution in [0.4, 0.5) is 5.69 Å².